The topological polar surface area (TPSA) is 23.5 Å². The zero-order chi connectivity index (χ0) is 17.4. The largest absolute Gasteiger partial charge is 0.508 e. The normalized spacial score (nSPS) is 18.1. The summed E-state index contributed by atoms with van der Waals surface area (Å²) in [7, 11) is 0. The van der Waals surface area contributed by atoms with E-state index < -0.39 is 0 Å². The van der Waals surface area contributed by atoms with Gasteiger partial charge in [0, 0.05) is 27.6 Å². The molecule has 0 aliphatic carbocycles. The highest BCUT2D eigenvalue weighted by Crippen LogP contribution is 2.42. The van der Waals surface area contributed by atoms with Gasteiger partial charge in [-0.05, 0) is 66.1 Å². The van der Waals surface area contributed by atoms with Crippen LogP contribution in [0.5, 0.6) is 5.75 Å². The molecule has 2 nitrogen and oxygen atoms in total. The SMILES string of the molecule is Oc1ccc2cc(Br)ccc2c1C1CCCN1Cc1cccc(Cl)c1. The monoisotopic (exact) mass is 415 g/mol. The molecule has 3 aromatic rings. The molecule has 0 aromatic heterocycles. The lowest BCUT2D eigenvalue weighted by molar-refractivity contribution is 0.245. The smallest absolute Gasteiger partial charge is 0.121 e. The van der Waals surface area contributed by atoms with Crippen LogP contribution < -0.4 is 0 Å². The Morgan fingerprint density at radius 3 is 2.84 bits per heavy atom. The molecule has 0 bridgehead atoms. The van der Waals surface area contributed by atoms with Crippen LogP contribution in [0, 0.1) is 0 Å². The Bertz CT molecular complexity index is 927. The van der Waals surface area contributed by atoms with Crippen LogP contribution in [0.2, 0.25) is 5.02 Å². The van der Waals surface area contributed by atoms with E-state index in [1.807, 2.05) is 36.4 Å². The fraction of sp³-hybridized carbons (Fsp3) is 0.238. The number of nitrogens with zero attached hydrogens (tertiary/aromatic N) is 1. The molecule has 1 heterocycles. The van der Waals surface area contributed by atoms with E-state index in [1.54, 1.807) is 0 Å². The van der Waals surface area contributed by atoms with Crippen LogP contribution in [0.3, 0.4) is 0 Å². The molecular formula is C21H19BrClNO. The van der Waals surface area contributed by atoms with E-state index in [1.165, 1.54) is 5.56 Å². The number of phenolic OH excluding ortho intramolecular Hbond substituents is 1. The minimum absolute atomic E-state index is 0.226. The van der Waals surface area contributed by atoms with Crippen molar-refractivity contribution in [3.8, 4) is 5.75 Å². The number of halogens is 2. The quantitative estimate of drug-likeness (QED) is 0.541. The highest BCUT2D eigenvalue weighted by Gasteiger charge is 2.29. The minimum atomic E-state index is 0.226. The lowest BCUT2D eigenvalue weighted by Crippen LogP contribution is -2.23. The summed E-state index contributed by atoms with van der Waals surface area (Å²) in [6.07, 6.45) is 2.20. The maximum absolute atomic E-state index is 10.6. The van der Waals surface area contributed by atoms with E-state index >= 15 is 0 Å². The Kier molecular flexibility index (Phi) is 4.72. The Balaban J connectivity index is 1.73. The molecule has 1 aliphatic heterocycles. The fourth-order valence-corrected chi connectivity index (χ4v) is 4.47. The van der Waals surface area contributed by atoms with Gasteiger partial charge < -0.3 is 5.11 Å². The second kappa shape index (κ2) is 6.99. The highest BCUT2D eigenvalue weighted by atomic mass is 79.9. The Morgan fingerprint density at radius 2 is 2.00 bits per heavy atom. The summed E-state index contributed by atoms with van der Waals surface area (Å²) in [5.41, 5.74) is 2.26. The van der Waals surface area contributed by atoms with Crippen molar-refractivity contribution in [1.82, 2.24) is 4.90 Å². The van der Waals surface area contributed by atoms with Gasteiger partial charge in [-0.2, -0.15) is 0 Å². The van der Waals surface area contributed by atoms with Gasteiger partial charge in [0.2, 0.25) is 0 Å². The molecule has 1 fully saturated rings. The molecule has 1 saturated heterocycles. The summed E-state index contributed by atoms with van der Waals surface area (Å²) >= 11 is 9.68. The van der Waals surface area contributed by atoms with Gasteiger partial charge in [-0.1, -0.05) is 51.8 Å². The first-order chi connectivity index (χ1) is 12.1. The van der Waals surface area contributed by atoms with Gasteiger partial charge in [-0.25, -0.2) is 0 Å². The lowest BCUT2D eigenvalue weighted by Gasteiger charge is -2.27. The molecule has 4 heteroatoms. The van der Waals surface area contributed by atoms with Crippen molar-refractivity contribution in [1.29, 1.82) is 0 Å². The van der Waals surface area contributed by atoms with Gasteiger partial charge in [-0.3, -0.25) is 4.90 Å². The second-order valence-corrected chi connectivity index (χ2v) is 7.97. The number of phenols is 1. The van der Waals surface area contributed by atoms with Crippen molar-refractivity contribution in [3.63, 3.8) is 0 Å². The van der Waals surface area contributed by atoms with Gasteiger partial charge in [0.25, 0.3) is 0 Å². The van der Waals surface area contributed by atoms with Gasteiger partial charge in [0.1, 0.15) is 5.75 Å². The van der Waals surface area contributed by atoms with E-state index in [9.17, 15) is 5.11 Å². The van der Waals surface area contributed by atoms with Crippen molar-refractivity contribution in [3.05, 3.63) is 75.2 Å². The number of likely N-dealkylation sites (tertiary alicyclic amines) is 1. The Labute approximate surface area is 161 Å². The van der Waals surface area contributed by atoms with Gasteiger partial charge >= 0.3 is 0 Å². The third-order valence-corrected chi connectivity index (χ3v) is 5.70. The zero-order valence-electron chi connectivity index (χ0n) is 13.8. The average Bonchev–Trinajstić information content (AvgIpc) is 3.02. The molecule has 1 N–H and O–H groups in total. The molecule has 1 atom stereocenters. The van der Waals surface area contributed by atoms with Crippen molar-refractivity contribution in [2.75, 3.05) is 6.54 Å². The minimum Gasteiger partial charge on any atom is -0.508 e. The van der Waals surface area contributed by atoms with E-state index in [0.29, 0.717) is 5.75 Å². The number of rotatable bonds is 3. The molecule has 128 valence electrons. The highest BCUT2D eigenvalue weighted by molar-refractivity contribution is 9.10. The van der Waals surface area contributed by atoms with Crippen LogP contribution in [-0.4, -0.2) is 16.6 Å². The van der Waals surface area contributed by atoms with E-state index in [-0.39, 0.29) is 6.04 Å². The molecule has 4 rings (SSSR count). The molecule has 25 heavy (non-hydrogen) atoms. The first-order valence-corrected chi connectivity index (χ1v) is 9.68. The fourth-order valence-electron chi connectivity index (χ4n) is 3.88. The van der Waals surface area contributed by atoms with Gasteiger partial charge in [-0.15, -0.1) is 0 Å². The van der Waals surface area contributed by atoms with Gasteiger partial charge in [0.05, 0.1) is 0 Å². The summed E-state index contributed by atoms with van der Waals surface area (Å²) < 4.78 is 1.05. The maximum Gasteiger partial charge on any atom is 0.121 e. The molecule has 1 unspecified atom stereocenters. The first-order valence-electron chi connectivity index (χ1n) is 8.51. The summed E-state index contributed by atoms with van der Waals surface area (Å²) in [5.74, 6) is 0.387. The van der Waals surface area contributed by atoms with Crippen LogP contribution in [0.15, 0.2) is 59.1 Å². The third kappa shape index (κ3) is 3.41. The standard InChI is InChI=1S/C21H19BrClNO/c22-16-7-8-18-15(12-16)6-9-20(25)21(18)19-5-2-10-24(19)13-14-3-1-4-17(23)11-14/h1,3-4,6-9,11-12,19,25H,2,5,10,13H2. The van der Waals surface area contributed by atoms with Crippen molar-refractivity contribution < 1.29 is 5.11 Å². The molecule has 0 saturated carbocycles. The summed E-state index contributed by atoms with van der Waals surface area (Å²) in [6.45, 7) is 1.88. The predicted molar refractivity (Wildman–Crippen MR) is 107 cm³/mol. The van der Waals surface area contributed by atoms with Crippen molar-refractivity contribution >= 4 is 38.3 Å². The molecule has 0 amide bonds. The maximum atomic E-state index is 10.6. The van der Waals surface area contributed by atoms with Crippen LogP contribution in [-0.2, 0) is 6.54 Å². The van der Waals surface area contributed by atoms with Crippen LogP contribution in [0.4, 0.5) is 0 Å². The molecule has 0 radical (unpaired) electrons. The third-order valence-electron chi connectivity index (χ3n) is 4.97. The molecule has 3 aromatic carbocycles. The zero-order valence-corrected chi connectivity index (χ0v) is 16.1. The summed E-state index contributed by atoms with van der Waals surface area (Å²) in [6, 6.07) is 18.3. The molecule has 0 spiro atoms. The van der Waals surface area contributed by atoms with E-state index in [2.05, 4.69) is 39.0 Å². The van der Waals surface area contributed by atoms with E-state index in [0.717, 1.165) is 51.8 Å². The molecule has 1 aliphatic rings. The number of hydrogen-bond donors (Lipinski definition) is 1. The first kappa shape index (κ1) is 16.9. The number of aromatic hydroxyl groups is 1. The lowest BCUT2D eigenvalue weighted by atomic mass is 9.96. The van der Waals surface area contributed by atoms with Crippen LogP contribution >= 0.6 is 27.5 Å². The Hall–Kier alpha value is -1.55. The number of hydrogen-bond acceptors (Lipinski definition) is 2. The summed E-state index contributed by atoms with van der Waals surface area (Å²) in [5, 5.41) is 13.7. The van der Waals surface area contributed by atoms with Crippen molar-refractivity contribution in [2.45, 2.75) is 25.4 Å². The average molecular weight is 417 g/mol. The number of benzene rings is 3. The molecular weight excluding hydrogens is 398 g/mol. The van der Waals surface area contributed by atoms with Crippen LogP contribution in [0.25, 0.3) is 10.8 Å². The second-order valence-electron chi connectivity index (χ2n) is 6.62. The van der Waals surface area contributed by atoms with Gasteiger partial charge in [0.15, 0.2) is 0 Å². The van der Waals surface area contributed by atoms with Crippen LogP contribution in [0.1, 0.15) is 30.0 Å². The number of fused-ring (bicyclic) bond motifs is 1. The summed E-state index contributed by atoms with van der Waals surface area (Å²) in [4.78, 5) is 2.45. The predicted octanol–water partition coefficient (Wildman–Crippen LogP) is 6.30. The van der Waals surface area contributed by atoms with Crippen molar-refractivity contribution in [2.24, 2.45) is 0 Å². The Morgan fingerprint density at radius 1 is 1.12 bits per heavy atom. The van der Waals surface area contributed by atoms with E-state index in [4.69, 9.17) is 11.6 Å².